The molecule has 0 aromatic carbocycles. The molecule has 4 rings (SSSR count). The molecule has 1 aliphatic rings. The Morgan fingerprint density at radius 1 is 1.21 bits per heavy atom. The van der Waals surface area contributed by atoms with Gasteiger partial charge < -0.3 is 19.1 Å². The molecule has 8 nitrogen and oxygen atoms in total. The highest BCUT2D eigenvalue weighted by Gasteiger charge is 2.21. The van der Waals surface area contributed by atoms with Crippen molar-refractivity contribution in [3.63, 3.8) is 0 Å². The first-order valence-corrected chi connectivity index (χ1v) is 8.01. The standard InChI is InChI=1S/C16H18N6O2/c1-6-14(19-18-7-1)22-8-2-4-12(11-22)17-10-15-20-21-16(24-15)13-5-3-9-23-13/h1,3,5-7,9,12,17H,2,4,8,10-11H2. The number of hydrogen-bond donors (Lipinski definition) is 1. The van der Waals surface area contributed by atoms with Gasteiger partial charge in [0, 0.05) is 25.3 Å². The Balaban J connectivity index is 1.34. The first-order chi connectivity index (χ1) is 11.9. The summed E-state index contributed by atoms with van der Waals surface area (Å²) in [7, 11) is 0. The summed E-state index contributed by atoms with van der Waals surface area (Å²) in [6.07, 6.45) is 5.49. The van der Waals surface area contributed by atoms with Crippen LogP contribution >= 0.6 is 0 Å². The van der Waals surface area contributed by atoms with Crippen LogP contribution in [-0.4, -0.2) is 39.5 Å². The lowest BCUT2D eigenvalue weighted by Crippen LogP contribution is -2.45. The molecule has 1 N–H and O–H groups in total. The van der Waals surface area contributed by atoms with Gasteiger partial charge in [-0.3, -0.25) is 0 Å². The second-order valence-electron chi connectivity index (χ2n) is 5.73. The number of rotatable bonds is 5. The van der Waals surface area contributed by atoms with E-state index in [-0.39, 0.29) is 0 Å². The minimum absolute atomic E-state index is 0.347. The highest BCUT2D eigenvalue weighted by atomic mass is 16.4. The third-order valence-electron chi connectivity index (χ3n) is 4.04. The van der Waals surface area contributed by atoms with Gasteiger partial charge in [-0.25, -0.2) is 0 Å². The number of anilines is 1. The molecule has 1 unspecified atom stereocenters. The van der Waals surface area contributed by atoms with Gasteiger partial charge in [0.25, 0.3) is 5.89 Å². The van der Waals surface area contributed by atoms with Crippen LogP contribution in [0.5, 0.6) is 0 Å². The third kappa shape index (κ3) is 3.28. The zero-order chi connectivity index (χ0) is 16.2. The van der Waals surface area contributed by atoms with E-state index in [1.165, 1.54) is 0 Å². The van der Waals surface area contributed by atoms with Crippen molar-refractivity contribution in [1.29, 1.82) is 0 Å². The summed E-state index contributed by atoms with van der Waals surface area (Å²) in [6.45, 7) is 2.42. The van der Waals surface area contributed by atoms with Gasteiger partial charge in [-0.15, -0.1) is 15.3 Å². The van der Waals surface area contributed by atoms with Crippen molar-refractivity contribution < 1.29 is 8.83 Å². The van der Waals surface area contributed by atoms with E-state index >= 15 is 0 Å². The molecule has 8 heteroatoms. The van der Waals surface area contributed by atoms with Gasteiger partial charge in [-0.2, -0.15) is 5.10 Å². The van der Waals surface area contributed by atoms with Gasteiger partial charge in [0.2, 0.25) is 5.89 Å². The molecule has 1 fully saturated rings. The predicted molar refractivity (Wildman–Crippen MR) is 86.1 cm³/mol. The fraction of sp³-hybridized carbons (Fsp3) is 0.375. The maximum Gasteiger partial charge on any atom is 0.283 e. The smallest absolute Gasteiger partial charge is 0.283 e. The summed E-state index contributed by atoms with van der Waals surface area (Å²) >= 11 is 0. The molecule has 124 valence electrons. The molecule has 24 heavy (non-hydrogen) atoms. The second kappa shape index (κ2) is 6.79. The molecule has 0 bridgehead atoms. The topological polar surface area (TPSA) is 93.1 Å². The maximum absolute atomic E-state index is 5.62. The number of furan rings is 1. The lowest BCUT2D eigenvalue weighted by Gasteiger charge is -2.33. The van der Waals surface area contributed by atoms with Crippen molar-refractivity contribution in [3.05, 3.63) is 42.6 Å². The zero-order valence-corrected chi connectivity index (χ0v) is 13.1. The third-order valence-corrected chi connectivity index (χ3v) is 4.04. The van der Waals surface area contributed by atoms with Crippen LogP contribution in [-0.2, 0) is 6.54 Å². The molecule has 0 aliphatic carbocycles. The number of nitrogens with one attached hydrogen (secondary N) is 1. The average molecular weight is 326 g/mol. The average Bonchev–Trinajstić information content (AvgIpc) is 3.32. The Kier molecular flexibility index (Phi) is 4.20. The number of piperidine rings is 1. The predicted octanol–water partition coefficient (Wildman–Crippen LogP) is 1.88. The lowest BCUT2D eigenvalue weighted by molar-refractivity contribution is 0.388. The largest absolute Gasteiger partial charge is 0.459 e. The van der Waals surface area contributed by atoms with Gasteiger partial charge in [-0.1, -0.05) is 0 Å². The van der Waals surface area contributed by atoms with Crippen molar-refractivity contribution in [2.24, 2.45) is 0 Å². The SMILES string of the molecule is c1cnnc(N2CCCC(NCc3nnc(-c4ccco4)o3)C2)c1. The number of nitrogens with zero attached hydrogens (tertiary/aromatic N) is 5. The van der Waals surface area contributed by atoms with Gasteiger partial charge >= 0.3 is 0 Å². The van der Waals surface area contributed by atoms with Crippen molar-refractivity contribution in [2.45, 2.75) is 25.4 Å². The van der Waals surface area contributed by atoms with Crippen LogP contribution in [0, 0.1) is 0 Å². The van der Waals surface area contributed by atoms with E-state index in [0.717, 1.165) is 31.7 Å². The van der Waals surface area contributed by atoms with Crippen molar-refractivity contribution in [3.8, 4) is 11.7 Å². The van der Waals surface area contributed by atoms with Crippen LogP contribution in [0.1, 0.15) is 18.7 Å². The molecule has 0 saturated carbocycles. The van der Waals surface area contributed by atoms with Crippen LogP contribution < -0.4 is 10.2 Å². The molecule has 1 aliphatic heterocycles. The van der Waals surface area contributed by atoms with Crippen LogP contribution in [0.3, 0.4) is 0 Å². The van der Waals surface area contributed by atoms with Crippen LogP contribution in [0.2, 0.25) is 0 Å². The molecule has 1 saturated heterocycles. The summed E-state index contributed by atoms with van der Waals surface area (Å²) < 4.78 is 10.9. The molecular weight excluding hydrogens is 308 g/mol. The fourth-order valence-electron chi connectivity index (χ4n) is 2.87. The molecule has 0 spiro atoms. The summed E-state index contributed by atoms with van der Waals surface area (Å²) in [5.41, 5.74) is 0. The van der Waals surface area contributed by atoms with Crippen molar-refractivity contribution in [2.75, 3.05) is 18.0 Å². The summed E-state index contributed by atoms with van der Waals surface area (Å²) in [6, 6.07) is 7.84. The minimum Gasteiger partial charge on any atom is -0.459 e. The Hall–Kier alpha value is -2.74. The summed E-state index contributed by atoms with van der Waals surface area (Å²) in [5, 5.41) is 19.7. The monoisotopic (exact) mass is 326 g/mol. The normalized spacial score (nSPS) is 18.0. The van der Waals surface area contributed by atoms with Crippen LogP contribution in [0.25, 0.3) is 11.7 Å². The first-order valence-electron chi connectivity index (χ1n) is 8.01. The Morgan fingerprint density at radius 2 is 2.21 bits per heavy atom. The zero-order valence-electron chi connectivity index (χ0n) is 13.1. The van der Waals surface area contributed by atoms with E-state index in [4.69, 9.17) is 8.83 Å². The molecule has 4 heterocycles. The van der Waals surface area contributed by atoms with Gasteiger partial charge in [0.1, 0.15) is 0 Å². The Bertz CT molecular complexity index is 758. The fourth-order valence-corrected chi connectivity index (χ4v) is 2.87. The van der Waals surface area contributed by atoms with Gasteiger partial charge in [0.05, 0.1) is 12.8 Å². The number of aromatic nitrogens is 4. The molecule has 0 amide bonds. The van der Waals surface area contributed by atoms with E-state index in [1.807, 2.05) is 12.1 Å². The van der Waals surface area contributed by atoms with Gasteiger partial charge in [-0.05, 0) is 37.1 Å². The molecular formula is C16H18N6O2. The van der Waals surface area contributed by atoms with Crippen molar-refractivity contribution >= 4 is 5.82 Å². The highest BCUT2D eigenvalue weighted by molar-refractivity contribution is 5.42. The highest BCUT2D eigenvalue weighted by Crippen LogP contribution is 2.19. The minimum atomic E-state index is 0.347. The summed E-state index contributed by atoms with van der Waals surface area (Å²) in [5.74, 6) is 2.46. The number of hydrogen-bond acceptors (Lipinski definition) is 8. The van der Waals surface area contributed by atoms with Crippen LogP contribution in [0.4, 0.5) is 5.82 Å². The van der Waals surface area contributed by atoms with E-state index in [9.17, 15) is 0 Å². The lowest BCUT2D eigenvalue weighted by atomic mass is 10.1. The molecule has 1 atom stereocenters. The quantitative estimate of drug-likeness (QED) is 0.759. The Morgan fingerprint density at radius 3 is 3.04 bits per heavy atom. The van der Waals surface area contributed by atoms with Crippen LogP contribution in [0.15, 0.2) is 45.6 Å². The maximum atomic E-state index is 5.62. The van der Waals surface area contributed by atoms with E-state index in [2.05, 4.69) is 30.6 Å². The molecule has 3 aromatic rings. The first kappa shape index (κ1) is 14.8. The molecule has 3 aromatic heterocycles. The molecule has 0 radical (unpaired) electrons. The second-order valence-corrected chi connectivity index (χ2v) is 5.73. The van der Waals surface area contributed by atoms with Gasteiger partial charge in [0.15, 0.2) is 11.6 Å². The van der Waals surface area contributed by atoms with Crippen molar-refractivity contribution in [1.82, 2.24) is 25.7 Å². The summed E-state index contributed by atoms with van der Waals surface area (Å²) in [4.78, 5) is 2.25. The Labute approximate surface area is 138 Å². The van der Waals surface area contributed by atoms with E-state index in [1.54, 1.807) is 24.6 Å². The van der Waals surface area contributed by atoms with E-state index < -0.39 is 0 Å². The van der Waals surface area contributed by atoms with E-state index in [0.29, 0.717) is 30.1 Å².